The Morgan fingerprint density at radius 1 is 1.04 bits per heavy atom. The van der Waals surface area contributed by atoms with E-state index < -0.39 is 6.09 Å². The fourth-order valence-corrected chi connectivity index (χ4v) is 2.91. The number of amides is 1. The molecule has 0 heterocycles. The second-order valence-corrected chi connectivity index (χ2v) is 6.33. The van der Waals surface area contributed by atoms with Crippen LogP contribution in [0.4, 0.5) is 4.79 Å². The summed E-state index contributed by atoms with van der Waals surface area (Å²) >= 11 is 1.20. The molecule has 120 valence electrons. The zero-order chi connectivity index (χ0) is 16.5. The molecule has 0 unspecified atom stereocenters. The maximum atomic E-state index is 11.8. The molecule has 1 atom stereocenters. The van der Waals surface area contributed by atoms with Crippen molar-refractivity contribution >= 4 is 23.0 Å². The lowest BCUT2D eigenvalue weighted by Crippen LogP contribution is -2.28. The third-order valence-electron chi connectivity index (χ3n) is 3.12. The van der Waals surface area contributed by atoms with Crippen molar-refractivity contribution in [1.29, 1.82) is 0 Å². The lowest BCUT2D eigenvalue weighted by atomic mass is 10.1. The third kappa shape index (κ3) is 6.16. The molecule has 0 aromatic heterocycles. The third-order valence-corrected chi connectivity index (χ3v) is 4.18. The molecule has 1 N–H and O–H groups in total. The van der Waals surface area contributed by atoms with Gasteiger partial charge in [0.05, 0.1) is 5.25 Å². The van der Waals surface area contributed by atoms with Crippen LogP contribution in [-0.2, 0) is 16.1 Å². The molecule has 23 heavy (non-hydrogen) atoms. The van der Waals surface area contributed by atoms with Crippen LogP contribution < -0.4 is 5.32 Å². The molecule has 0 aliphatic carbocycles. The van der Waals surface area contributed by atoms with E-state index in [4.69, 9.17) is 4.74 Å². The minimum atomic E-state index is -0.487. The van der Waals surface area contributed by atoms with Gasteiger partial charge >= 0.3 is 6.09 Å². The summed E-state index contributed by atoms with van der Waals surface area (Å²) in [5.41, 5.74) is 1.93. The Balaban J connectivity index is 1.85. The number of thioether (sulfide) groups is 1. The molecular weight excluding hydrogens is 310 g/mol. The summed E-state index contributed by atoms with van der Waals surface area (Å²) in [5, 5.41) is 2.61. The number of hydrogen-bond donors (Lipinski definition) is 1. The highest BCUT2D eigenvalue weighted by atomic mass is 32.2. The van der Waals surface area contributed by atoms with Gasteiger partial charge in [-0.2, -0.15) is 0 Å². The molecule has 0 radical (unpaired) electrons. The van der Waals surface area contributed by atoms with E-state index in [1.165, 1.54) is 18.7 Å². The minimum absolute atomic E-state index is 0.0123. The Hall–Kier alpha value is -2.27. The number of hydrogen-bond acceptors (Lipinski definition) is 4. The summed E-state index contributed by atoms with van der Waals surface area (Å²) in [6, 6.07) is 19.1. The predicted molar refractivity (Wildman–Crippen MR) is 92.1 cm³/mol. The fraction of sp³-hybridized carbons (Fsp3) is 0.222. The Morgan fingerprint density at radius 3 is 2.26 bits per heavy atom. The van der Waals surface area contributed by atoms with Crippen LogP contribution >= 0.6 is 11.8 Å². The molecule has 0 fully saturated rings. The number of carbonyl (C=O) groups excluding carboxylic acids is 2. The Kier molecular flexibility index (Phi) is 6.69. The summed E-state index contributed by atoms with van der Waals surface area (Å²) in [7, 11) is 0. The van der Waals surface area contributed by atoms with Crippen molar-refractivity contribution in [2.24, 2.45) is 0 Å². The van der Waals surface area contributed by atoms with Crippen molar-refractivity contribution in [1.82, 2.24) is 5.32 Å². The van der Waals surface area contributed by atoms with E-state index in [9.17, 15) is 9.59 Å². The van der Waals surface area contributed by atoms with Crippen LogP contribution in [0.25, 0.3) is 0 Å². The van der Waals surface area contributed by atoms with Gasteiger partial charge in [-0.05, 0) is 11.1 Å². The molecule has 0 spiro atoms. The molecule has 2 aromatic rings. The second kappa shape index (κ2) is 9.00. The molecule has 0 aliphatic rings. The first-order valence-electron chi connectivity index (χ1n) is 7.32. The lowest BCUT2D eigenvalue weighted by Gasteiger charge is -2.16. The van der Waals surface area contributed by atoms with Crippen LogP contribution in [0.5, 0.6) is 0 Å². The van der Waals surface area contributed by atoms with Crippen molar-refractivity contribution in [3.63, 3.8) is 0 Å². The van der Waals surface area contributed by atoms with E-state index in [0.717, 1.165) is 11.1 Å². The Bertz CT molecular complexity index is 631. The van der Waals surface area contributed by atoms with Crippen LogP contribution in [0, 0.1) is 0 Å². The topological polar surface area (TPSA) is 55.4 Å². The van der Waals surface area contributed by atoms with Gasteiger partial charge in [0.25, 0.3) is 0 Å². The van der Waals surface area contributed by atoms with Gasteiger partial charge in [0.15, 0.2) is 5.12 Å². The molecular formula is C18H19NO3S. The monoisotopic (exact) mass is 329 g/mol. The first-order chi connectivity index (χ1) is 11.1. The smallest absolute Gasteiger partial charge is 0.407 e. The average molecular weight is 329 g/mol. The number of ether oxygens (including phenoxy) is 1. The summed E-state index contributed by atoms with van der Waals surface area (Å²) < 4.78 is 5.18. The SMILES string of the molecule is CC(=O)S[C@H](CNC(=O)OCc1ccccc1)c1ccccc1. The molecule has 2 aromatic carbocycles. The van der Waals surface area contributed by atoms with Gasteiger partial charge in [-0.15, -0.1) is 0 Å². The van der Waals surface area contributed by atoms with Gasteiger partial charge in [-0.3, -0.25) is 4.79 Å². The molecule has 5 heteroatoms. The first kappa shape index (κ1) is 17.1. The number of rotatable bonds is 6. The highest BCUT2D eigenvalue weighted by molar-refractivity contribution is 8.13. The lowest BCUT2D eigenvalue weighted by molar-refractivity contribution is -0.109. The number of alkyl carbamates (subject to hydrolysis) is 1. The molecule has 4 nitrogen and oxygen atoms in total. The van der Waals surface area contributed by atoms with Gasteiger partial charge in [-0.1, -0.05) is 72.4 Å². The van der Waals surface area contributed by atoms with Crippen molar-refractivity contribution in [2.45, 2.75) is 18.8 Å². The van der Waals surface area contributed by atoms with E-state index in [-0.39, 0.29) is 17.0 Å². The van der Waals surface area contributed by atoms with Gasteiger partial charge < -0.3 is 10.1 Å². The van der Waals surface area contributed by atoms with Gasteiger partial charge in [0, 0.05) is 13.5 Å². The first-order valence-corrected chi connectivity index (χ1v) is 8.20. The van der Waals surface area contributed by atoms with E-state index in [1.807, 2.05) is 60.7 Å². The largest absolute Gasteiger partial charge is 0.445 e. The molecule has 0 saturated heterocycles. The fourth-order valence-electron chi connectivity index (χ4n) is 2.05. The van der Waals surface area contributed by atoms with Crippen molar-refractivity contribution < 1.29 is 14.3 Å². The van der Waals surface area contributed by atoms with Crippen molar-refractivity contribution in [3.05, 3.63) is 71.8 Å². The van der Waals surface area contributed by atoms with Crippen LogP contribution in [-0.4, -0.2) is 17.8 Å². The summed E-state index contributed by atoms with van der Waals surface area (Å²) in [5.74, 6) is 0. The molecule has 2 rings (SSSR count). The van der Waals surface area contributed by atoms with Crippen LogP contribution in [0.2, 0.25) is 0 Å². The second-order valence-electron chi connectivity index (χ2n) is 4.95. The van der Waals surface area contributed by atoms with Crippen LogP contribution in [0.3, 0.4) is 0 Å². The zero-order valence-electron chi connectivity index (χ0n) is 12.9. The van der Waals surface area contributed by atoms with E-state index in [0.29, 0.717) is 6.54 Å². The van der Waals surface area contributed by atoms with E-state index >= 15 is 0 Å². The minimum Gasteiger partial charge on any atom is -0.445 e. The highest BCUT2D eigenvalue weighted by Crippen LogP contribution is 2.28. The highest BCUT2D eigenvalue weighted by Gasteiger charge is 2.16. The molecule has 0 aliphatic heterocycles. The number of nitrogens with one attached hydrogen (secondary N) is 1. The van der Waals surface area contributed by atoms with Crippen LogP contribution in [0.15, 0.2) is 60.7 Å². The van der Waals surface area contributed by atoms with Crippen molar-refractivity contribution in [3.8, 4) is 0 Å². The summed E-state index contributed by atoms with van der Waals surface area (Å²) in [6.45, 7) is 2.08. The normalized spacial score (nSPS) is 11.5. The van der Waals surface area contributed by atoms with Crippen molar-refractivity contribution in [2.75, 3.05) is 6.54 Å². The predicted octanol–water partition coefficient (Wildman–Crippen LogP) is 3.93. The Labute approximate surface area is 140 Å². The van der Waals surface area contributed by atoms with Gasteiger partial charge in [-0.25, -0.2) is 4.79 Å². The van der Waals surface area contributed by atoms with E-state index in [1.54, 1.807) is 0 Å². The zero-order valence-corrected chi connectivity index (χ0v) is 13.7. The standard InChI is InChI=1S/C18H19NO3S/c1-14(20)23-17(16-10-6-3-7-11-16)12-19-18(21)22-13-15-8-4-2-5-9-15/h2-11,17H,12-13H2,1H3,(H,19,21)/t17-/m1/s1. The maximum Gasteiger partial charge on any atom is 0.407 e. The van der Waals surface area contributed by atoms with Gasteiger partial charge in [0.1, 0.15) is 6.61 Å². The number of carbonyl (C=O) groups is 2. The van der Waals surface area contributed by atoms with Crippen LogP contribution in [0.1, 0.15) is 23.3 Å². The summed E-state index contributed by atoms with van der Waals surface area (Å²) in [6.07, 6.45) is -0.487. The molecule has 0 bridgehead atoms. The van der Waals surface area contributed by atoms with Gasteiger partial charge in [0.2, 0.25) is 0 Å². The average Bonchev–Trinajstić information content (AvgIpc) is 2.58. The molecule has 0 saturated carbocycles. The molecule has 1 amide bonds. The number of benzene rings is 2. The summed E-state index contributed by atoms with van der Waals surface area (Å²) in [4.78, 5) is 23.2. The van der Waals surface area contributed by atoms with E-state index in [2.05, 4.69) is 5.32 Å². The quantitative estimate of drug-likeness (QED) is 0.872. The maximum absolute atomic E-state index is 11.8. The Morgan fingerprint density at radius 2 is 1.65 bits per heavy atom.